The molecule has 1 aromatic carbocycles. The first-order valence-corrected chi connectivity index (χ1v) is 14.0. The van der Waals surface area contributed by atoms with Crippen molar-refractivity contribution in [3.8, 4) is 5.82 Å². The molecule has 2 aromatic heterocycles. The Hall–Kier alpha value is -3.07. The molecule has 4 aliphatic rings. The maximum atomic E-state index is 14.0. The summed E-state index contributed by atoms with van der Waals surface area (Å²) in [7, 11) is 0. The van der Waals surface area contributed by atoms with Crippen molar-refractivity contribution in [2.24, 2.45) is 11.8 Å². The lowest BCUT2D eigenvalue weighted by molar-refractivity contribution is -0.0485. The first kappa shape index (κ1) is 23.1. The molecule has 2 aliphatic heterocycles. The normalized spacial score (nSPS) is 31.9. The summed E-state index contributed by atoms with van der Waals surface area (Å²) in [6, 6.07) is 9.31. The quantitative estimate of drug-likeness (QED) is 0.590. The van der Waals surface area contributed by atoms with Crippen molar-refractivity contribution in [1.29, 1.82) is 0 Å². The van der Waals surface area contributed by atoms with Crippen LogP contribution in [-0.2, 0) is 0 Å². The van der Waals surface area contributed by atoms with Crippen LogP contribution >= 0.6 is 0 Å². The van der Waals surface area contributed by atoms with E-state index < -0.39 is 11.2 Å². The van der Waals surface area contributed by atoms with Gasteiger partial charge in [0.15, 0.2) is 0 Å². The molecule has 4 atom stereocenters. The minimum Gasteiger partial charge on any atom is -0.300 e. The molecule has 4 fully saturated rings. The van der Waals surface area contributed by atoms with Crippen molar-refractivity contribution in [1.82, 2.24) is 29.2 Å². The van der Waals surface area contributed by atoms with Crippen molar-refractivity contribution in [3.63, 3.8) is 0 Å². The van der Waals surface area contributed by atoms with Gasteiger partial charge >= 0.3 is 5.69 Å². The lowest BCUT2D eigenvalue weighted by Gasteiger charge is -2.55. The highest BCUT2D eigenvalue weighted by molar-refractivity contribution is 5.75. The highest BCUT2D eigenvalue weighted by atomic mass is 16.2. The minimum absolute atomic E-state index is 0.0345. The monoisotopic (exact) mass is 502 g/mol. The van der Waals surface area contributed by atoms with E-state index in [0.717, 1.165) is 41.1 Å². The second-order valence-electron chi connectivity index (χ2n) is 11.8. The van der Waals surface area contributed by atoms with Gasteiger partial charge in [-0.15, -0.1) is 0 Å². The van der Waals surface area contributed by atoms with Crippen LogP contribution in [0.5, 0.6) is 0 Å². The van der Waals surface area contributed by atoms with E-state index in [4.69, 9.17) is 0 Å². The summed E-state index contributed by atoms with van der Waals surface area (Å²) in [4.78, 5) is 47.7. The largest absolute Gasteiger partial charge is 0.351 e. The van der Waals surface area contributed by atoms with Gasteiger partial charge in [0, 0.05) is 24.2 Å². The number of rotatable bonds is 3. The molecule has 7 rings (SSSR count). The third kappa shape index (κ3) is 3.98. The zero-order valence-corrected chi connectivity index (χ0v) is 21.1. The first-order chi connectivity index (χ1) is 18.0. The summed E-state index contributed by atoms with van der Waals surface area (Å²) in [5.74, 6) is 1.73. The van der Waals surface area contributed by atoms with Gasteiger partial charge in [-0.2, -0.15) is 9.78 Å². The maximum Gasteiger partial charge on any atom is 0.351 e. The Labute approximate surface area is 214 Å². The minimum atomic E-state index is -0.756. The second-order valence-corrected chi connectivity index (χ2v) is 11.8. The number of nitrogens with zero attached hydrogens (tertiary/aromatic N) is 5. The Balaban J connectivity index is 1.28. The van der Waals surface area contributed by atoms with Gasteiger partial charge in [-0.05, 0) is 68.9 Å². The molecule has 3 aromatic rings. The average molecular weight is 503 g/mol. The molecule has 9 nitrogen and oxygen atoms in total. The Morgan fingerprint density at radius 1 is 0.784 bits per heavy atom. The molecule has 194 valence electrons. The van der Waals surface area contributed by atoms with Crippen molar-refractivity contribution >= 4 is 11.0 Å². The number of aromatic amines is 1. The summed E-state index contributed by atoms with van der Waals surface area (Å²) in [5.41, 5.74) is -0.255. The lowest BCUT2D eigenvalue weighted by atomic mass is 9.68. The number of piperidine rings is 2. The Morgan fingerprint density at radius 2 is 1.49 bits per heavy atom. The van der Waals surface area contributed by atoms with Gasteiger partial charge in [-0.1, -0.05) is 37.8 Å². The van der Waals surface area contributed by atoms with Crippen LogP contribution in [0.1, 0.15) is 76.7 Å². The summed E-state index contributed by atoms with van der Waals surface area (Å²) in [6.45, 7) is 0. The van der Waals surface area contributed by atoms with E-state index in [1.807, 2.05) is 28.8 Å². The zero-order chi connectivity index (χ0) is 25.1. The highest BCUT2D eigenvalue weighted by Crippen LogP contribution is 2.47. The van der Waals surface area contributed by atoms with E-state index in [-0.39, 0.29) is 17.4 Å². The number of nitrogens with one attached hydrogen (secondary N) is 1. The molecule has 0 radical (unpaired) electrons. The molecule has 9 heteroatoms. The maximum absolute atomic E-state index is 14.0. The van der Waals surface area contributed by atoms with Crippen LogP contribution in [0.2, 0.25) is 0 Å². The molecule has 2 saturated heterocycles. The van der Waals surface area contributed by atoms with Crippen LogP contribution < -0.4 is 16.8 Å². The number of aromatic nitrogens is 5. The van der Waals surface area contributed by atoms with Crippen LogP contribution in [0.15, 0.2) is 44.8 Å². The molecule has 0 unspecified atom stereocenters. The number of hydrogen-bond donors (Lipinski definition) is 1. The van der Waals surface area contributed by atoms with Gasteiger partial charge in [0.2, 0.25) is 5.82 Å². The number of H-pyrrole nitrogens is 1. The standard InChI is InChI=1S/C28H34N6O3/c35-25-16-29-34(28(37)31-25)26-27(36)33(24-10-2-1-9-23(24)30-26)22-14-19-7-4-8-20(15-22)32(19)21-12-17-5-3-6-18(11-17)13-21/h1-2,9-10,16-22H,3-8,11-15H2,(H,31,35,37)/t17-,18-,19-,20-/m0/s1. The molecule has 0 amide bonds. The van der Waals surface area contributed by atoms with Gasteiger partial charge in [-0.25, -0.2) is 9.78 Å². The third-order valence-corrected chi connectivity index (χ3v) is 9.59. The number of para-hydroxylation sites is 2. The van der Waals surface area contributed by atoms with E-state index in [1.165, 1.54) is 57.8 Å². The van der Waals surface area contributed by atoms with Gasteiger partial charge in [-0.3, -0.25) is 19.5 Å². The third-order valence-electron chi connectivity index (χ3n) is 9.59. The van der Waals surface area contributed by atoms with Crippen LogP contribution in [0.4, 0.5) is 0 Å². The molecule has 4 bridgehead atoms. The predicted molar refractivity (Wildman–Crippen MR) is 140 cm³/mol. The summed E-state index contributed by atoms with van der Waals surface area (Å²) in [5, 5.41) is 3.94. The van der Waals surface area contributed by atoms with Crippen LogP contribution in [0.3, 0.4) is 0 Å². The molecular formula is C28H34N6O3. The second kappa shape index (κ2) is 9.04. The molecule has 4 heterocycles. The van der Waals surface area contributed by atoms with Crippen molar-refractivity contribution in [3.05, 3.63) is 61.7 Å². The predicted octanol–water partition coefficient (Wildman–Crippen LogP) is 3.16. The van der Waals surface area contributed by atoms with Crippen LogP contribution in [0.25, 0.3) is 16.9 Å². The Bertz CT molecular complexity index is 1480. The Morgan fingerprint density at radius 3 is 2.22 bits per heavy atom. The Kier molecular flexibility index (Phi) is 5.64. The molecular weight excluding hydrogens is 468 g/mol. The van der Waals surface area contributed by atoms with Crippen molar-refractivity contribution < 1.29 is 0 Å². The summed E-state index contributed by atoms with van der Waals surface area (Å²) >= 11 is 0. The smallest absolute Gasteiger partial charge is 0.300 e. The fourth-order valence-electron chi connectivity index (χ4n) is 8.28. The number of fused-ring (bicyclic) bond motifs is 5. The van der Waals surface area contributed by atoms with E-state index in [1.54, 1.807) is 0 Å². The molecule has 1 N–H and O–H groups in total. The first-order valence-electron chi connectivity index (χ1n) is 14.0. The fraction of sp³-hybridized carbons (Fsp3) is 0.607. The van der Waals surface area contributed by atoms with Gasteiger partial charge in [0.25, 0.3) is 11.1 Å². The zero-order valence-electron chi connectivity index (χ0n) is 21.1. The number of benzene rings is 1. The van der Waals surface area contributed by atoms with Crippen molar-refractivity contribution in [2.75, 3.05) is 0 Å². The van der Waals surface area contributed by atoms with Crippen LogP contribution in [0, 0.1) is 11.8 Å². The van der Waals surface area contributed by atoms with E-state index >= 15 is 0 Å². The average Bonchev–Trinajstić information content (AvgIpc) is 2.88. The summed E-state index contributed by atoms with van der Waals surface area (Å²) in [6.07, 6.45) is 14.8. The van der Waals surface area contributed by atoms with Gasteiger partial charge in [0.1, 0.15) is 6.20 Å². The van der Waals surface area contributed by atoms with E-state index in [9.17, 15) is 14.4 Å². The summed E-state index contributed by atoms with van der Waals surface area (Å²) < 4.78 is 2.79. The molecule has 2 saturated carbocycles. The van der Waals surface area contributed by atoms with Gasteiger partial charge in [0.05, 0.1) is 11.0 Å². The lowest BCUT2D eigenvalue weighted by Crippen LogP contribution is -2.58. The van der Waals surface area contributed by atoms with E-state index in [2.05, 4.69) is 20.0 Å². The SMILES string of the molecule is O=c1cnn(-c2nc3ccccc3n(C3C[C@@H]4CCC[C@@H](C3)N4C3C[C@H]4CCC[C@H](C3)C4)c2=O)c(=O)[nH]1. The van der Waals surface area contributed by atoms with Gasteiger partial charge < -0.3 is 4.57 Å². The van der Waals surface area contributed by atoms with Crippen LogP contribution in [-0.4, -0.2) is 47.3 Å². The number of hydrogen-bond acceptors (Lipinski definition) is 6. The topological polar surface area (TPSA) is 106 Å². The van der Waals surface area contributed by atoms with Crippen molar-refractivity contribution in [2.45, 2.75) is 94.8 Å². The van der Waals surface area contributed by atoms with E-state index in [0.29, 0.717) is 23.6 Å². The molecule has 37 heavy (non-hydrogen) atoms. The highest BCUT2D eigenvalue weighted by Gasteiger charge is 2.45. The molecule has 0 spiro atoms. The fourth-order valence-corrected chi connectivity index (χ4v) is 8.28. The molecule has 2 aliphatic carbocycles.